The Morgan fingerprint density at radius 3 is 2.53 bits per heavy atom. The van der Waals surface area contributed by atoms with Gasteiger partial charge in [0.15, 0.2) is 0 Å². The number of nitro benzene ring substituents is 1. The summed E-state index contributed by atoms with van der Waals surface area (Å²) >= 11 is 0. The number of nitrogen functional groups attached to an aromatic ring is 1. The van der Waals surface area contributed by atoms with Crippen molar-refractivity contribution in [1.82, 2.24) is 4.90 Å². The lowest BCUT2D eigenvalue weighted by Crippen LogP contribution is -2.46. The molecule has 0 aliphatic carbocycles. The van der Waals surface area contributed by atoms with E-state index in [0.29, 0.717) is 5.69 Å². The van der Waals surface area contributed by atoms with Crippen molar-refractivity contribution >= 4 is 17.1 Å². The average Bonchev–Trinajstić information content (AvgIpc) is 2.40. The van der Waals surface area contributed by atoms with E-state index < -0.39 is 4.92 Å². The van der Waals surface area contributed by atoms with Gasteiger partial charge in [-0.05, 0) is 19.0 Å². The van der Waals surface area contributed by atoms with E-state index in [-0.39, 0.29) is 5.69 Å². The van der Waals surface area contributed by atoms with Crippen molar-refractivity contribution in [3.63, 3.8) is 0 Å². The zero-order chi connectivity index (χ0) is 13.8. The van der Waals surface area contributed by atoms with E-state index in [0.717, 1.165) is 38.4 Å². The Kier molecular flexibility index (Phi) is 4.21. The summed E-state index contributed by atoms with van der Waals surface area (Å²) in [6, 6.07) is 4.71. The molecule has 1 aliphatic heterocycles. The zero-order valence-electron chi connectivity index (χ0n) is 11.2. The summed E-state index contributed by atoms with van der Waals surface area (Å²) in [6.07, 6.45) is 1.17. The molecule has 1 fully saturated rings. The second kappa shape index (κ2) is 5.88. The van der Waals surface area contributed by atoms with E-state index in [1.54, 1.807) is 6.07 Å². The summed E-state index contributed by atoms with van der Waals surface area (Å²) in [7, 11) is 0. The average molecular weight is 264 g/mol. The van der Waals surface area contributed by atoms with Crippen LogP contribution in [0.2, 0.25) is 0 Å². The predicted octanol–water partition coefficient (Wildman–Crippen LogP) is 1.71. The minimum Gasteiger partial charge on any atom is -0.397 e. The van der Waals surface area contributed by atoms with Crippen LogP contribution in [0, 0.1) is 10.1 Å². The molecule has 0 unspecified atom stereocenters. The first-order valence-corrected chi connectivity index (χ1v) is 6.63. The van der Waals surface area contributed by atoms with E-state index in [9.17, 15) is 10.1 Å². The van der Waals surface area contributed by atoms with Crippen LogP contribution in [0.3, 0.4) is 0 Å². The van der Waals surface area contributed by atoms with Crippen LogP contribution in [0.4, 0.5) is 17.1 Å². The molecule has 1 saturated heterocycles. The fourth-order valence-electron chi connectivity index (χ4n) is 2.47. The maximum Gasteiger partial charge on any atom is 0.271 e. The van der Waals surface area contributed by atoms with Gasteiger partial charge in [0.1, 0.15) is 0 Å². The Labute approximate surface area is 112 Å². The Bertz CT molecular complexity index is 456. The van der Waals surface area contributed by atoms with E-state index in [2.05, 4.69) is 16.7 Å². The molecule has 104 valence electrons. The van der Waals surface area contributed by atoms with E-state index in [1.807, 2.05) is 0 Å². The lowest BCUT2D eigenvalue weighted by atomic mass is 10.2. The van der Waals surface area contributed by atoms with Crippen molar-refractivity contribution in [2.45, 2.75) is 13.3 Å². The molecule has 0 bridgehead atoms. The molecule has 6 nitrogen and oxygen atoms in total. The molecule has 0 aromatic heterocycles. The summed E-state index contributed by atoms with van der Waals surface area (Å²) in [5.74, 6) is 0. The third-order valence-electron chi connectivity index (χ3n) is 3.47. The smallest absolute Gasteiger partial charge is 0.271 e. The van der Waals surface area contributed by atoms with E-state index in [1.165, 1.54) is 18.6 Å². The number of nitro groups is 1. The first-order valence-electron chi connectivity index (χ1n) is 6.63. The second-order valence-electron chi connectivity index (χ2n) is 4.83. The van der Waals surface area contributed by atoms with Crippen LogP contribution in [0.25, 0.3) is 0 Å². The summed E-state index contributed by atoms with van der Waals surface area (Å²) < 4.78 is 0. The van der Waals surface area contributed by atoms with Gasteiger partial charge in [0.05, 0.1) is 16.3 Å². The number of nitrogens with two attached hydrogens (primary N) is 1. The maximum absolute atomic E-state index is 10.7. The van der Waals surface area contributed by atoms with Gasteiger partial charge in [-0.15, -0.1) is 0 Å². The van der Waals surface area contributed by atoms with E-state index >= 15 is 0 Å². The van der Waals surface area contributed by atoms with Crippen LogP contribution < -0.4 is 10.6 Å². The minimum absolute atomic E-state index is 0.0471. The fourth-order valence-corrected chi connectivity index (χ4v) is 2.47. The number of hydrogen-bond donors (Lipinski definition) is 1. The van der Waals surface area contributed by atoms with Crippen LogP contribution >= 0.6 is 0 Å². The maximum atomic E-state index is 10.7. The van der Waals surface area contributed by atoms with Crippen LogP contribution in [0.5, 0.6) is 0 Å². The third kappa shape index (κ3) is 3.14. The number of benzene rings is 1. The molecule has 6 heteroatoms. The number of piperazine rings is 1. The van der Waals surface area contributed by atoms with Gasteiger partial charge in [-0.2, -0.15) is 0 Å². The SMILES string of the molecule is CCCN1CCN(c2ccc([N+](=O)[O-])cc2N)CC1. The molecule has 1 heterocycles. The first kappa shape index (κ1) is 13.6. The molecule has 1 aromatic carbocycles. The molecule has 1 aromatic rings. The Morgan fingerprint density at radius 1 is 1.32 bits per heavy atom. The van der Waals surface area contributed by atoms with Gasteiger partial charge in [0.25, 0.3) is 5.69 Å². The lowest BCUT2D eigenvalue weighted by molar-refractivity contribution is -0.384. The number of hydrogen-bond acceptors (Lipinski definition) is 5. The van der Waals surface area contributed by atoms with Gasteiger partial charge in [0.2, 0.25) is 0 Å². The van der Waals surface area contributed by atoms with Crippen LogP contribution in [0.1, 0.15) is 13.3 Å². The summed E-state index contributed by atoms with van der Waals surface area (Å²) in [6.45, 7) is 7.18. The molecule has 0 amide bonds. The quantitative estimate of drug-likeness (QED) is 0.509. The van der Waals surface area contributed by atoms with Crippen molar-refractivity contribution in [2.24, 2.45) is 0 Å². The second-order valence-corrected chi connectivity index (χ2v) is 4.83. The van der Waals surface area contributed by atoms with Crippen molar-refractivity contribution in [3.05, 3.63) is 28.3 Å². The standard InChI is InChI=1S/C13H20N4O2/c1-2-5-15-6-8-16(9-7-15)13-4-3-11(17(18)19)10-12(13)14/h3-4,10H,2,5-9,14H2,1H3. The number of anilines is 2. The van der Waals surface area contributed by atoms with Gasteiger partial charge in [0, 0.05) is 38.3 Å². The van der Waals surface area contributed by atoms with Crippen LogP contribution in [0.15, 0.2) is 18.2 Å². The number of rotatable bonds is 4. The predicted molar refractivity (Wildman–Crippen MR) is 76.5 cm³/mol. The molecule has 0 saturated carbocycles. The van der Waals surface area contributed by atoms with Gasteiger partial charge in [-0.3, -0.25) is 15.0 Å². The van der Waals surface area contributed by atoms with Crippen LogP contribution in [-0.2, 0) is 0 Å². The van der Waals surface area contributed by atoms with Crippen molar-refractivity contribution < 1.29 is 4.92 Å². The summed E-state index contributed by atoms with van der Waals surface area (Å²) in [4.78, 5) is 14.9. The largest absolute Gasteiger partial charge is 0.397 e. The van der Waals surface area contributed by atoms with Gasteiger partial charge >= 0.3 is 0 Å². The Hall–Kier alpha value is -1.82. The highest BCUT2D eigenvalue weighted by Crippen LogP contribution is 2.28. The van der Waals surface area contributed by atoms with Crippen molar-refractivity contribution in [3.8, 4) is 0 Å². The van der Waals surface area contributed by atoms with Gasteiger partial charge < -0.3 is 10.6 Å². The molecule has 0 atom stereocenters. The summed E-state index contributed by atoms with van der Waals surface area (Å²) in [5, 5.41) is 10.7. The highest BCUT2D eigenvalue weighted by atomic mass is 16.6. The van der Waals surface area contributed by atoms with Crippen molar-refractivity contribution in [1.29, 1.82) is 0 Å². The normalized spacial score (nSPS) is 16.6. The first-order chi connectivity index (χ1) is 9.11. The molecular formula is C13H20N4O2. The zero-order valence-corrected chi connectivity index (χ0v) is 11.2. The Balaban J connectivity index is 2.05. The minimum atomic E-state index is -0.417. The highest BCUT2D eigenvalue weighted by molar-refractivity contribution is 5.70. The lowest BCUT2D eigenvalue weighted by Gasteiger charge is -2.36. The third-order valence-corrected chi connectivity index (χ3v) is 3.47. The van der Waals surface area contributed by atoms with Crippen LogP contribution in [-0.4, -0.2) is 42.5 Å². The summed E-state index contributed by atoms with van der Waals surface area (Å²) in [5.41, 5.74) is 7.36. The molecule has 0 spiro atoms. The van der Waals surface area contributed by atoms with Gasteiger partial charge in [-0.1, -0.05) is 6.92 Å². The molecule has 2 N–H and O–H groups in total. The molecule has 19 heavy (non-hydrogen) atoms. The molecule has 0 radical (unpaired) electrons. The molecule has 2 rings (SSSR count). The fraction of sp³-hybridized carbons (Fsp3) is 0.538. The van der Waals surface area contributed by atoms with Crippen molar-refractivity contribution in [2.75, 3.05) is 43.4 Å². The molecular weight excluding hydrogens is 244 g/mol. The molecule has 1 aliphatic rings. The Morgan fingerprint density at radius 2 is 2.00 bits per heavy atom. The topological polar surface area (TPSA) is 75.6 Å². The van der Waals surface area contributed by atoms with E-state index in [4.69, 9.17) is 5.73 Å². The monoisotopic (exact) mass is 264 g/mol. The van der Waals surface area contributed by atoms with Gasteiger partial charge in [-0.25, -0.2) is 0 Å². The number of non-ortho nitro benzene ring substituents is 1. The number of nitrogens with zero attached hydrogens (tertiary/aromatic N) is 3. The highest BCUT2D eigenvalue weighted by Gasteiger charge is 2.19.